The summed E-state index contributed by atoms with van der Waals surface area (Å²) >= 11 is 6.06. The van der Waals surface area contributed by atoms with Gasteiger partial charge in [0.25, 0.3) is 0 Å². The van der Waals surface area contributed by atoms with Crippen LogP contribution in [0.2, 0.25) is 5.02 Å². The van der Waals surface area contributed by atoms with Crippen LogP contribution < -0.4 is 10.0 Å². The van der Waals surface area contributed by atoms with Crippen molar-refractivity contribution in [3.05, 3.63) is 59.8 Å². The first-order valence-corrected chi connectivity index (χ1v) is 12.5. The Balaban J connectivity index is 1.44. The van der Waals surface area contributed by atoms with E-state index in [1.807, 2.05) is 24.3 Å². The number of benzene rings is 2. The van der Waals surface area contributed by atoms with E-state index in [2.05, 4.69) is 26.8 Å². The summed E-state index contributed by atoms with van der Waals surface area (Å²) in [5.41, 5.74) is 2.48. The minimum Gasteiger partial charge on any atom is -0.355 e. The van der Waals surface area contributed by atoms with E-state index in [4.69, 9.17) is 11.6 Å². The molecule has 2 N–H and O–H groups in total. The standard InChI is InChI=1S/C23H27ClN4O2S/c1-2-13-28-14-3-4-19(28)16-26-31(29,30)20-8-6-18(7-9-20)27-22-11-12-25-23-15-17(24)5-10-21(22)23/h5-12,15,19,26H,2-4,13-14,16H2,1H3,(H,25,27). The maximum absolute atomic E-state index is 12.8. The summed E-state index contributed by atoms with van der Waals surface area (Å²) in [6.07, 6.45) is 4.96. The number of nitrogens with zero attached hydrogens (tertiary/aromatic N) is 2. The molecule has 1 fully saturated rings. The lowest BCUT2D eigenvalue weighted by Crippen LogP contribution is -2.40. The number of hydrogen-bond acceptors (Lipinski definition) is 5. The Labute approximate surface area is 188 Å². The highest BCUT2D eigenvalue weighted by Gasteiger charge is 2.25. The summed E-state index contributed by atoms with van der Waals surface area (Å²) in [5.74, 6) is 0. The smallest absolute Gasteiger partial charge is 0.240 e. The molecule has 1 atom stereocenters. The lowest BCUT2D eigenvalue weighted by atomic mass is 10.2. The normalized spacial score (nSPS) is 17.3. The fourth-order valence-corrected chi connectivity index (χ4v) is 5.34. The molecule has 0 aliphatic carbocycles. The third-order valence-corrected chi connectivity index (χ3v) is 7.34. The van der Waals surface area contributed by atoms with Crippen molar-refractivity contribution in [2.24, 2.45) is 0 Å². The van der Waals surface area contributed by atoms with E-state index < -0.39 is 10.0 Å². The zero-order valence-electron chi connectivity index (χ0n) is 17.5. The van der Waals surface area contributed by atoms with Gasteiger partial charge in [-0.25, -0.2) is 13.1 Å². The van der Waals surface area contributed by atoms with Crippen molar-refractivity contribution in [1.82, 2.24) is 14.6 Å². The molecule has 1 aromatic heterocycles. The van der Waals surface area contributed by atoms with Gasteiger partial charge < -0.3 is 5.32 Å². The number of nitrogens with one attached hydrogen (secondary N) is 2. The number of likely N-dealkylation sites (tertiary alicyclic amines) is 1. The van der Waals surface area contributed by atoms with Crippen LogP contribution in [0.1, 0.15) is 26.2 Å². The third-order valence-electron chi connectivity index (χ3n) is 5.67. The molecule has 0 spiro atoms. The zero-order valence-corrected chi connectivity index (χ0v) is 19.1. The molecule has 0 saturated carbocycles. The van der Waals surface area contributed by atoms with Gasteiger partial charge in [0.2, 0.25) is 10.0 Å². The molecule has 1 unspecified atom stereocenters. The van der Waals surface area contributed by atoms with Crippen LogP contribution in [-0.2, 0) is 10.0 Å². The Morgan fingerprint density at radius 3 is 2.74 bits per heavy atom. The van der Waals surface area contributed by atoms with Crippen LogP contribution in [0.4, 0.5) is 11.4 Å². The maximum atomic E-state index is 12.8. The molecule has 0 amide bonds. The second-order valence-corrected chi connectivity index (χ2v) is 10.1. The van der Waals surface area contributed by atoms with E-state index in [0.29, 0.717) is 11.6 Å². The monoisotopic (exact) mass is 458 g/mol. The fourth-order valence-electron chi connectivity index (χ4n) is 4.10. The minimum atomic E-state index is -3.54. The molecule has 0 radical (unpaired) electrons. The average molecular weight is 459 g/mol. The second-order valence-electron chi connectivity index (χ2n) is 7.85. The Bertz CT molecular complexity index is 1150. The number of fused-ring (bicyclic) bond motifs is 1. The lowest BCUT2D eigenvalue weighted by Gasteiger charge is -2.24. The number of pyridine rings is 1. The molecule has 1 saturated heterocycles. The third kappa shape index (κ3) is 5.18. The SMILES string of the molecule is CCCN1CCCC1CNS(=O)(=O)c1ccc(Nc2ccnc3cc(Cl)ccc23)cc1. The van der Waals surface area contributed by atoms with Gasteiger partial charge in [0.1, 0.15) is 0 Å². The number of hydrogen-bond donors (Lipinski definition) is 2. The van der Waals surface area contributed by atoms with Gasteiger partial charge in [-0.05, 0) is 80.9 Å². The summed E-state index contributed by atoms with van der Waals surface area (Å²) in [5, 5.41) is 4.91. The molecule has 2 aromatic carbocycles. The molecule has 4 rings (SSSR count). The van der Waals surface area contributed by atoms with Crippen LogP contribution >= 0.6 is 11.6 Å². The number of halogens is 1. The minimum absolute atomic E-state index is 0.268. The van der Waals surface area contributed by atoms with Gasteiger partial charge in [0.15, 0.2) is 0 Å². The van der Waals surface area contributed by atoms with E-state index in [0.717, 1.165) is 54.6 Å². The van der Waals surface area contributed by atoms with E-state index in [1.54, 1.807) is 30.5 Å². The number of sulfonamides is 1. The topological polar surface area (TPSA) is 74.3 Å². The van der Waals surface area contributed by atoms with Crippen LogP contribution in [0.25, 0.3) is 10.9 Å². The van der Waals surface area contributed by atoms with E-state index >= 15 is 0 Å². The van der Waals surface area contributed by atoms with E-state index in [-0.39, 0.29) is 10.9 Å². The first-order valence-electron chi connectivity index (χ1n) is 10.6. The van der Waals surface area contributed by atoms with Gasteiger partial charge in [-0.15, -0.1) is 0 Å². The molecular formula is C23H27ClN4O2S. The van der Waals surface area contributed by atoms with E-state index in [9.17, 15) is 8.42 Å². The quantitative estimate of drug-likeness (QED) is 0.508. The predicted octanol–water partition coefficient (Wildman–Crippen LogP) is 4.78. The van der Waals surface area contributed by atoms with Crippen molar-refractivity contribution < 1.29 is 8.42 Å². The highest BCUT2D eigenvalue weighted by molar-refractivity contribution is 7.89. The lowest BCUT2D eigenvalue weighted by molar-refractivity contribution is 0.255. The summed E-state index contributed by atoms with van der Waals surface area (Å²) in [4.78, 5) is 6.99. The molecule has 6 nitrogen and oxygen atoms in total. The van der Waals surface area contributed by atoms with Crippen molar-refractivity contribution in [2.45, 2.75) is 37.1 Å². The van der Waals surface area contributed by atoms with Crippen molar-refractivity contribution in [2.75, 3.05) is 25.0 Å². The van der Waals surface area contributed by atoms with Gasteiger partial charge in [0.05, 0.1) is 10.4 Å². The van der Waals surface area contributed by atoms with Crippen molar-refractivity contribution in [3.8, 4) is 0 Å². The van der Waals surface area contributed by atoms with Crippen LogP contribution in [0.5, 0.6) is 0 Å². The summed E-state index contributed by atoms with van der Waals surface area (Å²) in [6.45, 7) is 4.67. The molecule has 1 aliphatic heterocycles. The molecule has 8 heteroatoms. The molecule has 31 heavy (non-hydrogen) atoms. The zero-order chi connectivity index (χ0) is 21.8. The predicted molar refractivity (Wildman–Crippen MR) is 127 cm³/mol. The van der Waals surface area contributed by atoms with Crippen molar-refractivity contribution in [1.29, 1.82) is 0 Å². The summed E-state index contributed by atoms with van der Waals surface area (Å²) in [7, 11) is -3.54. The first-order chi connectivity index (χ1) is 15.0. The van der Waals surface area contributed by atoms with Crippen molar-refractivity contribution >= 4 is 43.9 Å². The summed E-state index contributed by atoms with van der Waals surface area (Å²) in [6, 6.07) is 14.5. The fraction of sp³-hybridized carbons (Fsp3) is 0.348. The van der Waals surface area contributed by atoms with Gasteiger partial charge in [-0.3, -0.25) is 9.88 Å². The van der Waals surface area contributed by atoms with E-state index in [1.165, 1.54) is 0 Å². The van der Waals surface area contributed by atoms with Crippen molar-refractivity contribution in [3.63, 3.8) is 0 Å². The maximum Gasteiger partial charge on any atom is 0.240 e. The van der Waals surface area contributed by atoms with Crippen LogP contribution in [0.15, 0.2) is 59.6 Å². The average Bonchev–Trinajstić information content (AvgIpc) is 3.20. The highest BCUT2D eigenvalue weighted by atomic mass is 35.5. The van der Waals surface area contributed by atoms with Crippen LogP contribution in [-0.4, -0.2) is 44.0 Å². The molecule has 164 valence electrons. The van der Waals surface area contributed by atoms with Gasteiger partial charge >= 0.3 is 0 Å². The molecule has 3 aromatic rings. The van der Waals surface area contributed by atoms with Gasteiger partial charge in [0, 0.05) is 40.6 Å². The number of aromatic nitrogens is 1. The molecule has 0 bridgehead atoms. The molecule has 1 aliphatic rings. The largest absolute Gasteiger partial charge is 0.355 e. The Morgan fingerprint density at radius 1 is 1.16 bits per heavy atom. The Kier molecular flexibility index (Phi) is 6.77. The molecule has 2 heterocycles. The van der Waals surface area contributed by atoms with Gasteiger partial charge in [-0.1, -0.05) is 18.5 Å². The second kappa shape index (κ2) is 9.53. The number of anilines is 2. The highest BCUT2D eigenvalue weighted by Crippen LogP contribution is 2.27. The first kappa shape index (κ1) is 22.0. The van der Waals surface area contributed by atoms with Crippen LogP contribution in [0.3, 0.4) is 0 Å². The molecular weight excluding hydrogens is 432 g/mol. The Hall–Kier alpha value is -2.19. The Morgan fingerprint density at radius 2 is 1.97 bits per heavy atom. The van der Waals surface area contributed by atoms with Gasteiger partial charge in [-0.2, -0.15) is 0 Å². The number of rotatable bonds is 8. The van der Waals surface area contributed by atoms with Crippen LogP contribution in [0, 0.1) is 0 Å². The summed E-state index contributed by atoms with van der Waals surface area (Å²) < 4.78 is 28.3.